The molecule has 2 amide bonds. The highest BCUT2D eigenvalue weighted by atomic mass is 79.9. The van der Waals surface area contributed by atoms with Crippen molar-refractivity contribution >= 4 is 43.7 Å². The number of nitrogens with one attached hydrogen (secondary N) is 2. The average Bonchev–Trinajstić information content (AvgIpc) is 2.35. The number of rotatable bonds is 2. The second kappa shape index (κ2) is 5.84. The number of benzene rings is 1. The molecule has 18 heavy (non-hydrogen) atoms. The lowest BCUT2D eigenvalue weighted by Gasteiger charge is -2.23. The van der Waals surface area contributed by atoms with E-state index in [1.807, 2.05) is 12.1 Å². The molecule has 4 nitrogen and oxygen atoms in total. The second-order valence-electron chi connectivity index (χ2n) is 4.14. The minimum Gasteiger partial charge on any atom is -0.354 e. The van der Waals surface area contributed by atoms with Crippen LogP contribution in [0.4, 0.5) is 0 Å². The SMILES string of the molecule is O=C1CCC(NC(=O)c2cc(Br)ccc2Br)CN1. The van der Waals surface area contributed by atoms with Crippen LogP contribution in [-0.2, 0) is 4.79 Å². The third-order valence-electron chi connectivity index (χ3n) is 2.77. The highest BCUT2D eigenvalue weighted by Crippen LogP contribution is 2.21. The summed E-state index contributed by atoms with van der Waals surface area (Å²) in [7, 11) is 0. The van der Waals surface area contributed by atoms with Crippen molar-refractivity contribution in [2.24, 2.45) is 0 Å². The largest absolute Gasteiger partial charge is 0.354 e. The van der Waals surface area contributed by atoms with Gasteiger partial charge in [0, 0.05) is 28.0 Å². The van der Waals surface area contributed by atoms with Gasteiger partial charge in [0.1, 0.15) is 0 Å². The Morgan fingerprint density at radius 2 is 2.17 bits per heavy atom. The fraction of sp³-hybridized carbons (Fsp3) is 0.333. The van der Waals surface area contributed by atoms with Gasteiger partial charge >= 0.3 is 0 Å². The predicted molar refractivity (Wildman–Crippen MR) is 75.3 cm³/mol. The quantitative estimate of drug-likeness (QED) is 0.832. The molecule has 0 aliphatic carbocycles. The van der Waals surface area contributed by atoms with Crippen molar-refractivity contribution in [2.75, 3.05) is 6.54 Å². The van der Waals surface area contributed by atoms with Crippen LogP contribution in [0.5, 0.6) is 0 Å². The number of hydrogen-bond acceptors (Lipinski definition) is 2. The molecule has 1 fully saturated rings. The molecule has 0 aromatic heterocycles. The number of carbonyl (C=O) groups is 2. The van der Waals surface area contributed by atoms with E-state index in [0.717, 1.165) is 8.95 Å². The fourth-order valence-corrected chi connectivity index (χ4v) is 2.58. The van der Waals surface area contributed by atoms with E-state index in [2.05, 4.69) is 42.5 Å². The smallest absolute Gasteiger partial charge is 0.252 e. The van der Waals surface area contributed by atoms with Gasteiger partial charge in [0.2, 0.25) is 5.91 Å². The van der Waals surface area contributed by atoms with E-state index >= 15 is 0 Å². The Morgan fingerprint density at radius 3 is 2.83 bits per heavy atom. The lowest BCUT2D eigenvalue weighted by atomic mass is 10.1. The van der Waals surface area contributed by atoms with Crippen molar-refractivity contribution in [2.45, 2.75) is 18.9 Å². The molecule has 1 heterocycles. The molecule has 0 bridgehead atoms. The van der Waals surface area contributed by atoms with Gasteiger partial charge in [0.25, 0.3) is 5.91 Å². The summed E-state index contributed by atoms with van der Waals surface area (Å²) in [6.07, 6.45) is 1.15. The topological polar surface area (TPSA) is 58.2 Å². The molecule has 0 spiro atoms. The van der Waals surface area contributed by atoms with Gasteiger partial charge in [-0.1, -0.05) is 15.9 Å². The van der Waals surface area contributed by atoms with Gasteiger partial charge in [-0.15, -0.1) is 0 Å². The molecular weight excluding hydrogens is 364 g/mol. The summed E-state index contributed by atoms with van der Waals surface area (Å²) in [5, 5.41) is 5.66. The minimum absolute atomic E-state index is 0.00100. The van der Waals surface area contributed by atoms with Gasteiger partial charge in [-0.25, -0.2) is 0 Å². The molecule has 1 saturated heterocycles. The first kappa shape index (κ1) is 13.5. The van der Waals surface area contributed by atoms with Gasteiger partial charge < -0.3 is 10.6 Å². The Hall–Kier alpha value is -0.880. The van der Waals surface area contributed by atoms with Crippen LogP contribution in [0.1, 0.15) is 23.2 Å². The number of piperidine rings is 1. The summed E-state index contributed by atoms with van der Waals surface area (Å²) in [6.45, 7) is 0.496. The van der Waals surface area contributed by atoms with Gasteiger partial charge in [-0.3, -0.25) is 9.59 Å². The average molecular weight is 376 g/mol. The first-order valence-corrected chi connectivity index (χ1v) is 7.17. The molecule has 1 aliphatic rings. The van der Waals surface area contributed by atoms with Crippen LogP contribution in [0.2, 0.25) is 0 Å². The van der Waals surface area contributed by atoms with Crippen LogP contribution >= 0.6 is 31.9 Å². The fourth-order valence-electron chi connectivity index (χ4n) is 1.79. The Morgan fingerprint density at radius 1 is 1.39 bits per heavy atom. The standard InChI is InChI=1S/C12H12Br2N2O2/c13-7-1-3-10(14)9(5-7)12(18)16-8-2-4-11(17)15-6-8/h1,3,5,8H,2,4,6H2,(H,15,17)(H,16,18). The molecule has 1 unspecified atom stereocenters. The van der Waals surface area contributed by atoms with Crippen LogP contribution < -0.4 is 10.6 Å². The van der Waals surface area contributed by atoms with Crippen molar-refractivity contribution < 1.29 is 9.59 Å². The van der Waals surface area contributed by atoms with Gasteiger partial charge in [0.05, 0.1) is 5.56 Å². The zero-order valence-corrected chi connectivity index (χ0v) is 12.7. The van der Waals surface area contributed by atoms with E-state index in [1.165, 1.54) is 0 Å². The molecule has 96 valence electrons. The van der Waals surface area contributed by atoms with Crippen LogP contribution in [0.25, 0.3) is 0 Å². The Labute approximate surface area is 122 Å². The number of halogens is 2. The normalized spacial score (nSPS) is 19.2. The molecular formula is C12H12Br2N2O2. The summed E-state index contributed by atoms with van der Waals surface area (Å²) >= 11 is 6.69. The van der Waals surface area contributed by atoms with Crippen LogP contribution in [-0.4, -0.2) is 24.4 Å². The van der Waals surface area contributed by atoms with Crippen molar-refractivity contribution in [1.29, 1.82) is 0 Å². The molecule has 0 saturated carbocycles. The molecule has 0 radical (unpaired) electrons. The molecule has 1 aromatic carbocycles. The maximum absolute atomic E-state index is 12.1. The number of hydrogen-bond donors (Lipinski definition) is 2. The highest BCUT2D eigenvalue weighted by Gasteiger charge is 2.21. The summed E-state index contributed by atoms with van der Waals surface area (Å²) in [5.74, 6) is -0.0894. The molecule has 1 aromatic rings. The van der Waals surface area contributed by atoms with E-state index in [4.69, 9.17) is 0 Å². The van der Waals surface area contributed by atoms with E-state index in [9.17, 15) is 9.59 Å². The van der Waals surface area contributed by atoms with Crippen molar-refractivity contribution in [3.8, 4) is 0 Å². The summed E-state index contributed by atoms with van der Waals surface area (Å²) < 4.78 is 1.61. The maximum Gasteiger partial charge on any atom is 0.252 e. The van der Waals surface area contributed by atoms with Crippen LogP contribution in [0.3, 0.4) is 0 Å². The van der Waals surface area contributed by atoms with Crippen molar-refractivity contribution in [3.05, 3.63) is 32.7 Å². The Kier molecular flexibility index (Phi) is 4.40. The molecule has 1 atom stereocenters. The predicted octanol–water partition coefficient (Wildman–Crippen LogP) is 2.22. The van der Waals surface area contributed by atoms with E-state index in [1.54, 1.807) is 6.07 Å². The van der Waals surface area contributed by atoms with Crippen molar-refractivity contribution in [1.82, 2.24) is 10.6 Å². The minimum atomic E-state index is -0.135. The first-order valence-electron chi connectivity index (χ1n) is 5.59. The molecule has 2 N–H and O–H groups in total. The van der Waals surface area contributed by atoms with E-state index in [0.29, 0.717) is 24.9 Å². The third kappa shape index (κ3) is 3.32. The van der Waals surface area contributed by atoms with Crippen LogP contribution in [0, 0.1) is 0 Å². The third-order valence-corrected chi connectivity index (χ3v) is 3.96. The zero-order chi connectivity index (χ0) is 13.1. The Balaban J connectivity index is 2.03. The summed E-state index contributed by atoms with van der Waals surface area (Å²) in [5.41, 5.74) is 0.585. The number of amides is 2. The van der Waals surface area contributed by atoms with Gasteiger partial charge in [0.15, 0.2) is 0 Å². The van der Waals surface area contributed by atoms with Gasteiger partial charge in [-0.2, -0.15) is 0 Å². The molecule has 6 heteroatoms. The number of carbonyl (C=O) groups excluding carboxylic acids is 2. The lowest BCUT2D eigenvalue weighted by Crippen LogP contribution is -2.47. The maximum atomic E-state index is 12.1. The first-order chi connectivity index (χ1) is 8.56. The highest BCUT2D eigenvalue weighted by molar-refractivity contribution is 9.11. The second-order valence-corrected chi connectivity index (χ2v) is 5.91. The Bertz CT molecular complexity index is 481. The lowest BCUT2D eigenvalue weighted by molar-refractivity contribution is -0.122. The van der Waals surface area contributed by atoms with Gasteiger partial charge in [-0.05, 0) is 40.5 Å². The monoisotopic (exact) mass is 374 g/mol. The summed E-state index contributed by atoms with van der Waals surface area (Å²) in [4.78, 5) is 23.1. The zero-order valence-electron chi connectivity index (χ0n) is 9.50. The summed E-state index contributed by atoms with van der Waals surface area (Å²) in [6, 6.07) is 5.45. The molecule has 1 aliphatic heterocycles. The van der Waals surface area contributed by atoms with E-state index < -0.39 is 0 Å². The van der Waals surface area contributed by atoms with Crippen LogP contribution in [0.15, 0.2) is 27.1 Å². The van der Waals surface area contributed by atoms with Crippen molar-refractivity contribution in [3.63, 3.8) is 0 Å². The molecule has 2 rings (SSSR count). The van der Waals surface area contributed by atoms with E-state index in [-0.39, 0.29) is 17.9 Å².